The van der Waals surface area contributed by atoms with Gasteiger partial charge in [-0.15, -0.1) is 20.4 Å². The molecule has 31 nitrogen and oxygen atoms in total. The Labute approximate surface area is 521 Å². The number of carbonyl (C=O) groups excluding carboxylic acids is 3. The number of aryl methyl sites for hydroxylation is 3. The number of alkyl halides is 18. The highest BCUT2D eigenvalue weighted by atomic mass is 35.5. The number of aromatic nitrogens is 17. The predicted molar refractivity (Wildman–Crippen MR) is 290 cm³/mol. The highest BCUT2D eigenvalue weighted by molar-refractivity contribution is 6.29. The maximum atomic E-state index is 12.7. The molecule has 9 aromatic heterocycles. The van der Waals surface area contributed by atoms with Crippen LogP contribution in [0.2, 0.25) is 5.15 Å². The van der Waals surface area contributed by atoms with Crippen LogP contribution in [0.25, 0.3) is 17.3 Å². The maximum Gasteiger partial charge on any atom is 0.453 e. The number of hydrogen-bond donors (Lipinski definition) is 9. The monoisotopic (exact) mass is 1410 g/mol. The van der Waals surface area contributed by atoms with Crippen molar-refractivity contribution < 1.29 is 108 Å². The van der Waals surface area contributed by atoms with Gasteiger partial charge in [0.1, 0.15) is 34.6 Å². The van der Waals surface area contributed by atoms with Crippen LogP contribution in [-0.2, 0) is 61.1 Å². The zero-order valence-corrected chi connectivity index (χ0v) is 48.1. The lowest BCUT2D eigenvalue weighted by Gasteiger charge is -2.10. The molecule has 0 atom stereocenters. The SMILES string of the molecule is C.CCOC(=O)CC(C)=O.Cc1cc(=O)n2[nH]c(C(F)(F)F)nc2n1.Cc1cc(Cl)n2nc(C(F)(F)F)nc2n1.Cc1cc(Nc2ccc(C(F)(F)F)nc2)n2nc(C(F)(F)F)nc2n1.NN=C(N)N.Nc1ccc(C(F)(F)F)nc1.Nc1n[nH]c(C(F)(F)F)n1.O=COO. The third-order valence-corrected chi connectivity index (χ3v) is 9.41. The van der Waals surface area contributed by atoms with Gasteiger partial charge in [-0.05, 0) is 65.0 Å². The Hall–Kier alpha value is -11.0. The van der Waals surface area contributed by atoms with E-state index in [0.29, 0.717) is 28.2 Å². The largest absolute Gasteiger partial charge is 0.466 e. The number of esters is 1. The van der Waals surface area contributed by atoms with Crippen LogP contribution in [0, 0.1) is 20.8 Å². The van der Waals surface area contributed by atoms with Gasteiger partial charge in [-0.3, -0.25) is 29.4 Å². The molecule has 0 spiro atoms. The van der Waals surface area contributed by atoms with E-state index in [9.17, 15) is 93.4 Å². The molecule has 0 aliphatic carbocycles. The van der Waals surface area contributed by atoms with Gasteiger partial charge in [-0.1, -0.05) is 19.0 Å². The fraction of sp³-hybridized carbons (Fsp3) is 0.311. The third-order valence-electron chi connectivity index (χ3n) is 9.14. The minimum absolute atomic E-state index is 0. The average Bonchev–Trinajstić information content (AvgIpc) is 1.67. The topological polar surface area (TPSA) is 461 Å². The Morgan fingerprint density at radius 1 is 0.674 bits per heavy atom. The molecule has 0 aromatic carbocycles. The van der Waals surface area contributed by atoms with Crippen molar-refractivity contribution in [2.45, 2.75) is 85.5 Å². The summed E-state index contributed by atoms with van der Waals surface area (Å²) >= 11 is 5.68. The molecule has 0 saturated heterocycles. The molecule has 9 aromatic rings. The highest BCUT2D eigenvalue weighted by Gasteiger charge is 2.39. The van der Waals surface area contributed by atoms with E-state index in [1.807, 2.05) is 5.10 Å². The van der Waals surface area contributed by atoms with Gasteiger partial charge in [0, 0.05) is 29.2 Å². The van der Waals surface area contributed by atoms with E-state index in [2.05, 4.69) is 86.0 Å². The lowest BCUT2D eigenvalue weighted by Crippen LogP contribution is -2.23. The Morgan fingerprint density at radius 3 is 1.53 bits per heavy atom. The van der Waals surface area contributed by atoms with Gasteiger partial charge in [0.05, 0.1) is 30.4 Å². The molecule has 522 valence electrons. The Balaban J connectivity index is 0.000000572. The summed E-state index contributed by atoms with van der Waals surface area (Å²) in [6, 6.07) is 7.74. The van der Waals surface area contributed by atoms with Crippen LogP contribution >= 0.6 is 11.6 Å². The Bertz CT molecular complexity index is 4010. The number of nitrogen functional groups attached to an aromatic ring is 2. The molecule has 50 heteroatoms. The summed E-state index contributed by atoms with van der Waals surface area (Å²) < 4.78 is 226. The van der Waals surface area contributed by atoms with Crippen molar-refractivity contribution in [2.24, 2.45) is 22.4 Å². The second-order valence-electron chi connectivity index (χ2n) is 16.7. The van der Waals surface area contributed by atoms with Crippen molar-refractivity contribution in [3.05, 3.63) is 122 Å². The highest BCUT2D eigenvalue weighted by Crippen LogP contribution is 2.32. The third kappa shape index (κ3) is 27.8. The number of nitrogens with two attached hydrogens (primary N) is 5. The smallest absolute Gasteiger partial charge is 0.453 e. The van der Waals surface area contributed by atoms with E-state index in [-0.39, 0.29) is 71.7 Å². The van der Waals surface area contributed by atoms with Crippen molar-refractivity contribution in [3.8, 4) is 0 Å². The predicted octanol–water partition coefficient (Wildman–Crippen LogP) is 7.48. The summed E-state index contributed by atoms with van der Waals surface area (Å²) in [7, 11) is 0. The van der Waals surface area contributed by atoms with Crippen LogP contribution in [0.3, 0.4) is 0 Å². The molecule has 0 bridgehead atoms. The average molecular weight is 1410 g/mol. The number of halogens is 19. The van der Waals surface area contributed by atoms with Crippen LogP contribution < -0.4 is 39.7 Å². The molecule has 0 radical (unpaired) electrons. The van der Waals surface area contributed by atoms with Gasteiger partial charge in [0.2, 0.25) is 23.6 Å². The van der Waals surface area contributed by atoms with Gasteiger partial charge in [0.25, 0.3) is 34.5 Å². The lowest BCUT2D eigenvalue weighted by atomic mass is 10.3. The van der Waals surface area contributed by atoms with Gasteiger partial charge in [-0.2, -0.15) is 113 Å². The van der Waals surface area contributed by atoms with E-state index in [1.165, 1.54) is 32.9 Å². The molecule has 0 fully saturated rings. The van der Waals surface area contributed by atoms with Crippen molar-refractivity contribution in [1.29, 1.82) is 0 Å². The van der Waals surface area contributed by atoms with E-state index >= 15 is 0 Å². The zero-order chi connectivity index (χ0) is 72.1. The summed E-state index contributed by atoms with van der Waals surface area (Å²) in [5.74, 6) is -2.32. The number of pyridine rings is 2. The second kappa shape index (κ2) is 34.6. The van der Waals surface area contributed by atoms with Crippen LogP contribution in [0.1, 0.15) is 79.5 Å². The van der Waals surface area contributed by atoms with Crippen LogP contribution in [-0.4, -0.2) is 120 Å². The number of ether oxygens (including phenoxy) is 1. The van der Waals surface area contributed by atoms with Crippen molar-refractivity contribution in [2.75, 3.05) is 23.4 Å². The molecule has 9 rings (SSSR count). The van der Waals surface area contributed by atoms with Gasteiger partial charge >= 0.3 is 49.5 Å². The molecule has 95 heavy (non-hydrogen) atoms. The van der Waals surface area contributed by atoms with Crippen molar-refractivity contribution in [3.63, 3.8) is 0 Å². The van der Waals surface area contributed by atoms with E-state index < -0.39 is 89.2 Å². The lowest BCUT2D eigenvalue weighted by molar-refractivity contribution is -0.217. The fourth-order valence-electron chi connectivity index (χ4n) is 5.55. The molecular weight excluding hydrogens is 1370 g/mol. The van der Waals surface area contributed by atoms with Crippen molar-refractivity contribution >= 4 is 76.3 Å². The minimum atomic E-state index is -4.76. The molecule has 0 amide bonds. The normalized spacial score (nSPS) is 11.2. The van der Waals surface area contributed by atoms with E-state index in [0.717, 1.165) is 51.8 Å². The number of Topliss-reactive ketones (excluding diaryl/α,β-unsaturated/α-hetero) is 1. The van der Waals surface area contributed by atoms with Gasteiger partial charge < -0.3 is 43.7 Å². The number of fused-ring (bicyclic) bond motifs is 3. The quantitative estimate of drug-likeness (QED) is 0.00744. The summed E-state index contributed by atoms with van der Waals surface area (Å²) in [5.41, 5.74) is 18.2. The number of ketones is 1. The standard InChI is InChI=1S/C13H8F6N6.C7H4ClF3N4.C7H5F3N4O.C6H5F3N2.C6H10O3.C3H3F3N4.CH6N4.CH2O3.CH4/c1-6-4-9(22-7-2-3-8(20-5-7)12(14,15)16)25-11(21-6)23-10(24-25)13(17,18)19;1-3-2-4(8)15-6(12-3)13-5(14-15)7(9,10)11;1-3-2-4(15)14-6(11-3)12-5(13-14)7(8,9)10;7-6(8,9)5-2-1-4(10)3-11-5;1-3-9-6(8)4-5(2)7;4-3(5,6)1-8-2(7)10-9-1;2-1(3)5-4;2-1-4-3;/h2-5,22H,1H3;2H,1H3;2H,1H3,(H,11,12,13);1-3H,10H2;3-4H2,1-2H3;(H3,7,8,9,10);4H2,(H4,2,3,5);1,3H;1H4. The number of carbonyl (C=O) groups is 3. The number of hydrogen-bond acceptors (Lipinski definition) is 24. The number of nitrogens with zero attached hydrogens (tertiary/aromatic N) is 16. The van der Waals surface area contributed by atoms with Crippen LogP contribution in [0.4, 0.5) is 102 Å². The molecular formula is C45H47ClF18N24O7. The van der Waals surface area contributed by atoms with E-state index in [1.54, 1.807) is 18.9 Å². The first kappa shape index (κ1) is 82.0. The number of rotatable bonds is 6. The summed E-state index contributed by atoms with van der Waals surface area (Å²) in [6.07, 6.45) is -25.7. The molecule has 9 heterocycles. The van der Waals surface area contributed by atoms with Gasteiger partial charge in [-0.25, -0.2) is 30.2 Å². The van der Waals surface area contributed by atoms with Crippen molar-refractivity contribution in [1.82, 2.24) is 83.9 Å². The summed E-state index contributed by atoms with van der Waals surface area (Å²) in [5, 5.41) is 25.6. The fourth-order valence-corrected chi connectivity index (χ4v) is 5.82. The van der Waals surface area contributed by atoms with Gasteiger partial charge in [0.15, 0.2) is 0 Å². The number of nitrogens with one attached hydrogen (secondary N) is 3. The Morgan fingerprint density at radius 2 is 1.14 bits per heavy atom. The Kier molecular flexibility index (Phi) is 29.8. The first-order valence-electron chi connectivity index (χ1n) is 24.0. The maximum absolute atomic E-state index is 12.7. The molecule has 0 unspecified atom stereocenters. The molecule has 0 aliphatic heterocycles. The van der Waals surface area contributed by atoms with E-state index in [4.69, 9.17) is 44.6 Å². The second-order valence-corrected chi connectivity index (χ2v) is 17.1. The number of H-pyrrole nitrogens is 2. The summed E-state index contributed by atoms with van der Waals surface area (Å²) in [6.45, 7) is 7.97. The molecule has 0 saturated carbocycles. The number of guanidine groups is 1. The number of aromatic amines is 2. The molecule has 0 aliphatic rings. The number of anilines is 4. The zero-order valence-electron chi connectivity index (χ0n) is 47.3. The first-order valence-corrected chi connectivity index (χ1v) is 24.4. The van der Waals surface area contributed by atoms with Crippen LogP contribution in [0.5, 0.6) is 0 Å². The summed E-state index contributed by atoms with van der Waals surface area (Å²) in [4.78, 5) is 73.7. The van der Waals surface area contributed by atoms with Crippen LogP contribution in [0.15, 0.2) is 64.8 Å². The molecule has 14 N–H and O–H groups in total. The first-order chi connectivity index (χ1) is 43.1. The minimum Gasteiger partial charge on any atom is -0.466 e. The number of hydrazone groups is 1.